The number of benzene rings is 3. The van der Waals surface area contributed by atoms with E-state index in [1.54, 1.807) is 12.1 Å². The largest absolute Gasteiger partial charge is 0.489 e. The maximum absolute atomic E-state index is 12.3. The lowest BCUT2D eigenvalue weighted by molar-refractivity contribution is 0.102. The van der Waals surface area contributed by atoms with E-state index in [0.717, 1.165) is 21.5 Å². The molecule has 0 unspecified atom stereocenters. The van der Waals surface area contributed by atoms with Gasteiger partial charge in [0.15, 0.2) is 0 Å². The van der Waals surface area contributed by atoms with Crippen LogP contribution in [-0.4, -0.2) is 5.91 Å². The lowest BCUT2D eigenvalue weighted by atomic mass is 10.1. The van der Waals surface area contributed by atoms with Gasteiger partial charge in [0.2, 0.25) is 0 Å². The molecule has 120 valence electrons. The van der Waals surface area contributed by atoms with Gasteiger partial charge in [-0.3, -0.25) is 4.79 Å². The maximum Gasteiger partial charge on any atom is 0.255 e. The summed E-state index contributed by atoms with van der Waals surface area (Å²) in [5.41, 5.74) is 2.37. The molecular formula is C20H16BrNO2. The normalized spacial score (nSPS) is 10.2. The van der Waals surface area contributed by atoms with Gasteiger partial charge in [0.05, 0.1) is 5.69 Å². The third-order valence-corrected chi connectivity index (χ3v) is 4.18. The first-order chi connectivity index (χ1) is 11.7. The average Bonchev–Trinajstić information content (AvgIpc) is 2.63. The molecule has 0 aliphatic rings. The van der Waals surface area contributed by atoms with Crippen LogP contribution in [0, 0.1) is 0 Å². The van der Waals surface area contributed by atoms with Crippen LogP contribution in [0.3, 0.4) is 0 Å². The molecule has 3 rings (SSSR count). The number of carbonyl (C=O) groups excluding carboxylic acids is 1. The molecule has 24 heavy (non-hydrogen) atoms. The first-order valence-corrected chi connectivity index (χ1v) is 8.34. The first kappa shape index (κ1) is 16.3. The van der Waals surface area contributed by atoms with Crippen molar-refractivity contribution in [3.63, 3.8) is 0 Å². The van der Waals surface area contributed by atoms with Crippen molar-refractivity contribution in [1.29, 1.82) is 0 Å². The highest BCUT2D eigenvalue weighted by molar-refractivity contribution is 9.10. The summed E-state index contributed by atoms with van der Waals surface area (Å²) in [5.74, 6) is 0.686. The van der Waals surface area contributed by atoms with Crippen LogP contribution in [0.25, 0.3) is 0 Å². The number of nitrogens with one attached hydrogen (secondary N) is 1. The van der Waals surface area contributed by atoms with Gasteiger partial charge in [-0.05, 0) is 57.9 Å². The van der Waals surface area contributed by atoms with E-state index in [-0.39, 0.29) is 5.91 Å². The van der Waals surface area contributed by atoms with E-state index in [0.29, 0.717) is 12.2 Å². The molecule has 3 nitrogen and oxygen atoms in total. The van der Waals surface area contributed by atoms with Gasteiger partial charge in [-0.2, -0.15) is 0 Å². The molecule has 0 heterocycles. The SMILES string of the molecule is O=C(Nc1ccccc1Br)c1ccc(COc2ccccc2)cc1. The highest BCUT2D eigenvalue weighted by Gasteiger charge is 2.08. The van der Waals surface area contributed by atoms with Crippen molar-refractivity contribution in [1.82, 2.24) is 0 Å². The second-order valence-corrected chi connectivity index (χ2v) is 6.09. The van der Waals surface area contributed by atoms with Crippen molar-refractivity contribution in [2.24, 2.45) is 0 Å². The fourth-order valence-electron chi connectivity index (χ4n) is 2.19. The van der Waals surface area contributed by atoms with Gasteiger partial charge in [0.25, 0.3) is 5.91 Å². The molecule has 0 aromatic heterocycles. The second-order valence-electron chi connectivity index (χ2n) is 5.23. The van der Waals surface area contributed by atoms with Crippen LogP contribution in [0.5, 0.6) is 5.75 Å². The first-order valence-electron chi connectivity index (χ1n) is 7.55. The van der Waals surface area contributed by atoms with Gasteiger partial charge in [-0.25, -0.2) is 0 Å². The van der Waals surface area contributed by atoms with E-state index >= 15 is 0 Å². The number of rotatable bonds is 5. The Balaban J connectivity index is 1.61. The Hall–Kier alpha value is -2.59. The smallest absolute Gasteiger partial charge is 0.255 e. The van der Waals surface area contributed by atoms with Gasteiger partial charge in [-0.15, -0.1) is 0 Å². The molecule has 0 radical (unpaired) electrons. The molecule has 0 spiro atoms. The molecule has 0 fully saturated rings. The number of hydrogen-bond acceptors (Lipinski definition) is 2. The lowest BCUT2D eigenvalue weighted by Crippen LogP contribution is -2.12. The van der Waals surface area contributed by atoms with Crippen LogP contribution < -0.4 is 10.1 Å². The molecular weight excluding hydrogens is 366 g/mol. The summed E-state index contributed by atoms with van der Waals surface area (Å²) >= 11 is 3.42. The van der Waals surface area contributed by atoms with E-state index < -0.39 is 0 Å². The molecule has 0 aliphatic heterocycles. The Kier molecular flexibility index (Phi) is 5.29. The summed E-state index contributed by atoms with van der Waals surface area (Å²) < 4.78 is 6.55. The standard InChI is InChI=1S/C20H16BrNO2/c21-18-8-4-5-9-19(18)22-20(23)16-12-10-15(11-13-16)14-24-17-6-2-1-3-7-17/h1-13H,14H2,(H,22,23). The van der Waals surface area contributed by atoms with E-state index in [2.05, 4.69) is 21.2 Å². The van der Waals surface area contributed by atoms with Gasteiger partial charge in [0.1, 0.15) is 12.4 Å². The molecule has 0 aliphatic carbocycles. The number of para-hydroxylation sites is 2. The summed E-state index contributed by atoms with van der Waals surface area (Å²) in [6.45, 7) is 0.468. The van der Waals surface area contributed by atoms with Gasteiger partial charge < -0.3 is 10.1 Å². The Morgan fingerprint density at radius 1 is 0.875 bits per heavy atom. The fraction of sp³-hybridized carbons (Fsp3) is 0.0500. The van der Waals surface area contributed by atoms with Crippen molar-refractivity contribution in [2.45, 2.75) is 6.61 Å². The van der Waals surface area contributed by atoms with Crippen LogP contribution in [0.15, 0.2) is 83.3 Å². The number of hydrogen-bond donors (Lipinski definition) is 1. The van der Waals surface area contributed by atoms with Crippen LogP contribution in [-0.2, 0) is 6.61 Å². The Morgan fingerprint density at radius 3 is 2.25 bits per heavy atom. The fourth-order valence-corrected chi connectivity index (χ4v) is 2.58. The Labute approximate surface area is 149 Å². The van der Waals surface area contributed by atoms with E-state index in [1.165, 1.54) is 0 Å². The van der Waals surface area contributed by atoms with Crippen molar-refractivity contribution >= 4 is 27.5 Å². The summed E-state index contributed by atoms with van der Waals surface area (Å²) in [5, 5.41) is 2.89. The van der Waals surface area contributed by atoms with E-state index in [1.807, 2.05) is 66.7 Å². The van der Waals surface area contributed by atoms with Crippen molar-refractivity contribution in [3.8, 4) is 5.75 Å². The van der Waals surface area contributed by atoms with Crippen molar-refractivity contribution < 1.29 is 9.53 Å². The number of carbonyl (C=O) groups is 1. The summed E-state index contributed by atoms with van der Waals surface area (Å²) in [6.07, 6.45) is 0. The van der Waals surface area contributed by atoms with Crippen molar-refractivity contribution in [2.75, 3.05) is 5.32 Å². The average molecular weight is 382 g/mol. The Bertz CT molecular complexity index is 817. The highest BCUT2D eigenvalue weighted by Crippen LogP contribution is 2.22. The number of anilines is 1. The summed E-state index contributed by atoms with van der Waals surface area (Å²) in [7, 11) is 0. The summed E-state index contributed by atoms with van der Waals surface area (Å²) in [4.78, 5) is 12.3. The van der Waals surface area contributed by atoms with Crippen LogP contribution in [0.4, 0.5) is 5.69 Å². The Morgan fingerprint density at radius 2 is 1.54 bits per heavy atom. The molecule has 3 aromatic carbocycles. The highest BCUT2D eigenvalue weighted by atomic mass is 79.9. The molecule has 0 bridgehead atoms. The minimum atomic E-state index is -0.141. The zero-order valence-corrected chi connectivity index (χ0v) is 14.5. The lowest BCUT2D eigenvalue weighted by Gasteiger charge is -2.09. The third-order valence-electron chi connectivity index (χ3n) is 3.49. The third kappa shape index (κ3) is 4.24. The van der Waals surface area contributed by atoms with Crippen LogP contribution >= 0.6 is 15.9 Å². The predicted molar refractivity (Wildman–Crippen MR) is 99.3 cm³/mol. The molecule has 0 saturated carbocycles. The number of ether oxygens (including phenoxy) is 1. The number of amides is 1. The zero-order valence-electron chi connectivity index (χ0n) is 12.9. The zero-order chi connectivity index (χ0) is 16.8. The molecule has 4 heteroatoms. The second kappa shape index (κ2) is 7.79. The molecule has 1 amide bonds. The van der Waals surface area contributed by atoms with Gasteiger partial charge in [0, 0.05) is 10.0 Å². The van der Waals surface area contributed by atoms with Crippen LogP contribution in [0.2, 0.25) is 0 Å². The van der Waals surface area contributed by atoms with E-state index in [9.17, 15) is 4.79 Å². The van der Waals surface area contributed by atoms with Crippen LogP contribution in [0.1, 0.15) is 15.9 Å². The van der Waals surface area contributed by atoms with E-state index in [4.69, 9.17) is 4.74 Å². The molecule has 3 aromatic rings. The molecule has 1 N–H and O–H groups in total. The minimum absolute atomic E-state index is 0.141. The predicted octanol–water partition coefficient (Wildman–Crippen LogP) is 5.28. The molecule has 0 atom stereocenters. The van der Waals surface area contributed by atoms with Gasteiger partial charge in [-0.1, -0.05) is 42.5 Å². The van der Waals surface area contributed by atoms with Crippen molar-refractivity contribution in [3.05, 3.63) is 94.5 Å². The summed E-state index contributed by atoms with van der Waals surface area (Å²) in [6, 6.07) is 24.6. The number of halogens is 1. The van der Waals surface area contributed by atoms with Gasteiger partial charge >= 0.3 is 0 Å². The maximum atomic E-state index is 12.3. The molecule has 0 saturated heterocycles. The minimum Gasteiger partial charge on any atom is -0.489 e. The monoisotopic (exact) mass is 381 g/mol. The quantitative estimate of drug-likeness (QED) is 0.652. The topological polar surface area (TPSA) is 38.3 Å².